The first-order valence-corrected chi connectivity index (χ1v) is 3.29. The van der Waals surface area contributed by atoms with Crippen LogP contribution in [0.3, 0.4) is 0 Å². The summed E-state index contributed by atoms with van der Waals surface area (Å²) < 4.78 is 0. The van der Waals surface area contributed by atoms with Gasteiger partial charge in [0.1, 0.15) is 0 Å². The maximum atomic E-state index is 11.0. The van der Waals surface area contributed by atoms with Crippen LogP contribution in [0.25, 0.3) is 0 Å². The van der Waals surface area contributed by atoms with Crippen LogP contribution in [0.4, 0.5) is 4.79 Å². The molecule has 0 saturated carbocycles. The third kappa shape index (κ3) is 1.32. The van der Waals surface area contributed by atoms with Gasteiger partial charge in [-0.05, 0) is 6.92 Å². The monoisotopic (exact) mass is 158 g/mol. The summed E-state index contributed by atoms with van der Waals surface area (Å²) in [4.78, 5) is 21.6. The molecule has 0 aromatic heterocycles. The number of hydrogen-bond acceptors (Lipinski definition) is 3. The largest absolute Gasteiger partial charge is 0.395 e. The van der Waals surface area contributed by atoms with Crippen LogP contribution < -0.4 is 10.6 Å². The standard InChI is InChI=1S/C6H10N2O3/c1-6(3-9)2-7-5(11)8-4(6)10/h9H,2-3H2,1H3,(H2,7,8,10,11). The average molecular weight is 158 g/mol. The highest BCUT2D eigenvalue weighted by atomic mass is 16.3. The third-order valence-electron chi connectivity index (χ3n) is 1.76. The van der Waals surface area contributed by atoms with Crippen LogP contribution in [-0.2, 0) is 4.79 Å². The van der Waals surface area contributed by atoms with E-state index in [1.54, 1.807) is 6.92 Å². The van der Waals surface area contributed by atoms with E-state index < -0.39 is 17.4 Å². The van der Waals surface area contributed by atoms with Crippen molar-refractivity contribution in [3.05, 3.63) is 0 Å². The molecule has 1 unspecified atom stereocenters. The predicted molar refractivity (Wildman–Crippen MR) is 36.7 cm³/mol. The van der Waals surface area contributed by atoms with Crippen molar-refractivity contribution in [2.75, 3.05) is 13.2 Å². The smallest absolute Gasteiger partial charge is 0.321 e. The Morgan fingerprint density at radius 3 is 2.73 bits per heavy atom. The zero-order chi connectivity index (χ0) is 8.48. The summed E-state index contributed by atoms with van der Waals surface area (Å²) in [5.74, 6) is -0.427. The highest BCUT2D eigenvalue weighted by molar-refractivity contribution is 5.99. The normalized spacial score (nSPS) is 31.1. The van der Waals surface area contributed by atoms with Crippen molar-refractivity contribution in [3.63, 3.8) is 0 Å². The lowest BCUT2D eigenvalue weighted by Gasteiger charge is -2.29. The van der Waals surface area contributed by atoms with Crippen molar-refractivity contribution < 1.29 is 14.7 Å². The molecule has 0 aromatic carbocycles. The van der Waals surface area contributed by atoms with Crippen LogP contribution in [0.1, 0.15) is 6.92 Å². The number of nitrogens with one attached hydrogen (secondary N) is 2. The minimum absolute atomic E-state index is 0.189. The molecule has 11 heavy (non-hydrogen) atoms. The maximum Gasteiger partial charge on any atom is 0.321 e. The molecule has 1 saturated heterocycles. The van der Waals surface area contributed by atoms with Gasteiger partial charge in [0.15, 0.2) is 0 Å². The lowest BCUT2D eigenvalue weighted by atomic mass is 9.89. The number of carbonyl (C=O) groups is 2. The second-order valence-corrected chi connectivity index (χ2v) is 2.86. The zero-order valence-corrected chi connectivity index (χ0v) is 6.18. The number of rotatable bonds is 1. The van der Waals surface area contributed by atoms with Crippen molar-refractivity contribution in [3.8, 4) is 0 Å². The van der Waals surface area contributed by atoms with Gasteiger partial charge in [0, 0.05) is 6.54 Å². The van der Waals surface area contributed by atoms with Gasteiger partial charge in [-0.1, -0.05) is 0 Å². The summed E-state index contributed by atoms with van der Waals surface area (Å²) in [5, 5.41) is 13.3. The number of urea groups is 1. The number of aliphatic hydroxyl groups is 1. The quantitative estimate of drug-likeness (QED) is 0.449. The van der Waals surface area contributed by atoms with E-state index in [1.165, 1.54) is 0 Å². The maximum absolute atomic E-state index is 11.0. The van der Waals surface area contributed by atoms with Gasteiger partial charge in [-0.3, -0.25) is 10.1 Å². The Kier molecular flexibility index (Phi) is 1.82. The molecule has 3 amide bonds. The number of carbonyl (C=O) groups excluding carboxylic acids is 2. The van der Waals surface area contributed by atoms with E-state index in [1.807, 2.05) is 0 Å². The molecule has 0 bridgehead atoms. The van der Waals surface area contributed by atoms with Gasteiger partial charge in [0.25, 0.3) is 0 Å². The van der Waals surface area contributed by atoms with Crippen molar-refractivity contribution in [1.29, 1.82) is 0 Å². The van der Waals surface area contributed by atoms with Gasteiger partial charge in [-0.15, -0.1) is 0 Å². The highest BCUT2D eigenvalue weighted by Gasteiger charge is 2.37. The van der Waals surface area contributed by atoms with Crippen molar-refractivity contribution in [2.24, 2.45) is 5.41 Å². The molecule has 1 atom stereocenters. The molecule has 5 heteroatoms. The lowest BCUT2D eigenvalue weighted by molar-refractivity contribution is -0.131. The molecular weight excluding hydrogens is 148 g/mol. The van der Waals surface area contributed by atoms with Crippen LogP contribution in [-0.4, -0.2) is 30.2 Å². The summed E-state index contributed by atoms with van der Waals surface area (Å²) in [5.41, 5.74) is -0.867. The fourth-order valence-electron chi connectivity index (χ4n) is 0.782. The SMILES string of the molecule is CC1(CO)CNC(=O)NC1=O. The minimum atomic E-state index is -0.867. The molecular formula is C6H10N2O3. The van der Waals surface area contributed by atoms with Crippen molar-refractivity contribution >= 4 is 11.9 Å². The van der Waals surface area contributed by atoms with Gasteiger partial charge in [0.05, 0.1) is 12.0 Å². The minimum Gasteiger partial charge on any atom is -0.395 e. The van der Waals surface area contributed by atoms with Crippen LogP contribution in [0.15, 0.2) is 0 Å². The van der Waals surface area contributed by atoms with Gasteiger partial charge in [-0.2, -0.15) is 0 Å². The second kappa shape index (κ2) is 2.50. The number of hydrogen-bond donors (Lipinski definition) is 3. The molecule has 1 rings (SSSR count). The molecule has 0 aliphatic carbocycles. The van der Waals surface area contributed by atoms with Gasteiger partial charge in [0.2, 0.25) is 5.91 Å². The van der Waals surface area contributed by atoms with E-state index in [-0.39, 0.29) is 13.2 Å². The Morgan fingerprint density at radius 1 is 1.64 bits per heavy atom. The summed E-state index contributed by atoms with van der Waals surface area (Å²) in [6, 6.07) is -0.499. The first-order chi connectivity index (χ1) is 5.08. The first-order valence-electron chi connectivity index (χ1n) is 3.29. The highest BCUT2D eigenvalue weighted by Crippen LogP contribution is 2.15. The Morgan fingerprint density at radius 2 is 2.27 bits per heavy atom. The Labute approximate surface area is 63.8 Å². The van der Waals surface area contributed by atoms with Crippen LogP contribution >= 0.6 is 0 Å². The number of amides is 3. The molecule has 62 valence electrons. The summed E-state index contributed by atoms with van der Waals surface area (Å²) in [7, 11) is 0. The van der Waals surface area contributed by atoms with Gasteiger partial charge < -0.3 is 10.4 Å². The third-order valence-corrected chi connectivity index (χ3v) is 1.76. The number of aliphatic hydroxyl groups excluding tert-OH is 1. The van der Waals surface area contributed by atoms with Gasteiger partial charge >= 0.3 is 6.03 Å². The Bertz CT molecular complexity index is 204. The van der Waals surface area contributed by atoms with Crippen LogP contribution in [0.2, 0.25) is 0 Å². The Balaban J connectivity index is 2.71. The fourth-order valence-corrected chi connectivity index (χ4v) is 0.782. The summed E-state index contributed by atoms with van der Waals surface area (Å²) in [6.45, 7) is 1.51. The van der Waals surface area contributed by atoms with E-state index in [9.17, 15) is 9.59 Å². The molecule has 5 nitrogen and oxygen atoms in total. The Hall–Kier alpha value is -1.10. The predicted octanol–water partition coefficient (Wildman–Crippen LogP) is -1.18. The van der Waals surface area contributed by atoms with Gasteiger partial charge in [-0.25, -0.2) is 4.79 Å². The topological polar surface area (TPSA) is 78.4 Å². The molecule has 1 aliphatic heterocycles. The molecule has 3 N–H and O–H groups in total. The van der Waals surface area contributed by atoms with Crippen LogP contribution in [0, 0.1) is 5.41 Å². The summed E-state index contributed by atoms with van der Waals surface area (Å²) in [6.07, 6.45) is 0. The molecule has 0 aromatic rings. The van der Waals surface area contributed by atoms with Crippen LogP contribution in [0.5, 0.6) is 0 Å². The van der Waals surface area contributed by atoms with E-state index in [0.29, 0.717) is 0 Å². The first kappa shape index (κ1) is 8.00. The molecule has 0 radical (unpaired) electrons. The second-order valence-electron chi connectivity index (χ2n) is 2.86. The molecule has 1 aliphatic rings. The molecule has 1 heterocycles. The summed E-state index contributed by atoms with van der Waals surface area (Å²) >= 11 is 0. The van der Waals surface area contributed by atoms with Crippen molar-refractivity contribution in [1.82, 2.24) is 10.6 Å². The van der Waals surface area contributed by atoms with E-state index in [2.05, 4.69) is 10.6 Å². The van der Waals surface area contributed by atoms with E-state index in [4.69, 9.17) is 5.11 Å². The fraction of sp³-hybridized carbons (Fsp3) is 0.667. The molecule has 0 spiro atoms. The van der Waals surface area contributed by atoms with Crippen molar-refractivity contribution in [2.45, 2.75) is 6.92 Å². The average Bonchev–Trinajstić information content (AvgIpc) is 1.98. The zero-order valence-electron chi connectivity index (χ0n) is 6.18. The van der Waals surface area contributed by atoms with E-state index >= 15 is 0 Å². The lowest BCUT2D eigenvalue weighted by Crippen LogP contribution is -2.58. The number of imide groups is 1. The molecule has 1 fully saturated rings. The van der Waals surface area contributed by atoms with E-state index in [0.717, 1.165) is 0 Å².